The molecule has 2 nitrogen and oxygen atoms in total. The SMILES string of the molecule is COc1ccccc1C(CCc1cc(C(F)(F)F)cc(C(F)(F)F)c1)N1CCCC(C)C1. The second-order valence-corrected chi connectivity index (χ2v) is 8.45. The van der Waals surface area contributed by atoms with Crippen LogP contribution in [0.5, 0.6) is 5.75 Å². The summed E-state index contributed by atoms with van der Waals surface area (Å²) < 4.78 is 84.9. The van der Waals surface area contributed by atoms with Crippen LogP contribution in [-0.4, -0.2) is 25.1 Å². The molecule has 0 spiro atoms. The summed E-state index contributed by atoms with van der Waals surface area (Å²) in [6.45, 7) is 3.79. The highest BCUT2D eigenvalue weighted by atomic mass is 19.4. The molecule has 2 aromatic carbocycles. The summed E-state index contributed by atoms with van der Waals surface area (Å²) in [5.41, 5.74) is -1.63. The number of nitrogens with zero attached hydrogens (tertiary/aromatic N) is 1. The molecule has 2 aromatic rings. The van der Waals surface area contributed by atoms with Crippen LogP contribution in [-0.2, 0) is 18.8 Å². The summed E-state index contributed by atoms with van der Waals surface area (Å²) in [6, 6.07) is 9.09. The Morgan fingerprint density at radius 3 is 2.19 bits per heavy atom. The highest BCUT2D eigenvalue weighted by Crippen LogP contribution is 2.39. The Bertz CT molecular complexity index is 876. The lowest BCUT2D eigenvalue weighted by atomic mass is 9.91. The van der Waals surface area contributed by atoms with Gasteiger partial charge in [-0.1, -0.05) is 25.1 Å². The van der Waals surface area contributed by atoms with Crippen LogP contribution in [0, 0.1) is 5.92 Å². The molecule has 1 fully saturated rings. The minimum atomic E-state index is -4.85. The molecule has 1 saturated heterocycles. The van der Waals surface area contributed by atoms with Gasteiger partial charge in [-0.05, 0) is 68.0 Å². The fourth-order valence-electron chi connectivity index (χ4n) is 4.45. The number of para-hydroxylation sites is 1. The van der Waals surface area contributed by atoms with E-state index in [9.17, 15) is 26.3 Å². The van der Waals surface area contributed by atoms with Crippen molar-refractivity contribution >= 4 is 0 Å². The standard InChI is InChI=1S/C24H27F6NO/c1-16-6-5-11-31(15-16)21(20-7-3-4-8-22(20)32-2)10-9-17-12-18(23(25,26)27)14-19(13-17)24(28,29)30/h3-4,7-8,12-14,16,21H,5-6,9-11,15H2,1-2H3. The van der Waals surface area contributed by atoms with Crippen molar-refractivity contribution in [3.05, 3.63) is 64.7 Å². The van der Waals surface area contributed by atoms with Crippen molar-refractivity contribution in [3.8, 4) is 5.75 Å². The van der Waals surface area contributed by atoms with Crippen molar-refractivity contribution in [1.82, 2.24) is 4.90 Å². The van der Waals surface area contributed by atoms with Gasteiger partial charge in [0.25, 0.3) is 0 Å². The van der Waals surface area contributed by atoms with Crippen LogP contribution < -0.4 is 4.74 Å². The van der Waals surface area contributed by atoms with Crippen LogP contribution in [0.4, 0.5) is 26.3 Å². The van der Waals surface area contributed by atoms with E-state index in [1.807, 2.05) is 24.3 Å². The monoisotopic (exact) mass is 459 g/mol. The number of ether oxygens (including phenoxy) is 1. The first-order chi connectivity index (χ1) is 15.0. The smallest absolute Gasteiger partial charge is 0.416 e. The van der Waals surface area contributed by atoms with E-state index in [0.29, 0.717) is 18.1 Å². The number of likely N-dealkylation sites (tertiary alicyclic amines) is 1. The maximum atomic E-state index is 13.2. The largest absolute Gasteiger partial charge is 0.496 e. The molecule has 0 saturated carbocycles. The van der Waals surface area contributed by atoms with E-state index >= 15 is 0 Å². The molecule has 0 radical (unpaired) electrons. The molecule has 8 heteroatoms. The normalized spacial score (nSPS) is 19.1. The van der Waals surface area contributed by atoms with Crippen molar-refractivity contribution in [1.29, 1.82) is 0 Å². The lowest BCUT2D eigenvalue weighted by molar-refractivity contribution is -0.143. The average Bonchev–Trinajstić information content (AvgIpc) is 2.73. The van der Waals surface area contributed by atoms with Gasteiger partial charge in [0.15, 0.2) is 0 Å². The van der Waals surface area contributed by atoms with Crippen LogP contribution in [0.15, 0.2) is 42.5 Å². The first-order valence-corrected chi connectivity index (χ1v) is 10.6. The van der Waals surface area contributed by atoms with E-state index < -0.39 is 23.5 Å². The molecule has 0 aromatic heterocycles. The first-order valence-electron chi connectivity index (χ1n) is 10.6. The molecule has 3 rings (SSSR count). The fraction of sp³-hybridized carbons (Fsp3) is 0.500. The number of methoxy groups -OCH3 is 1. The Balaban J connectivity index is 1.94. The summed E-state index contributed by atoms with van der Waals surface area (Å²) in [7, 11) is 1.55. The molecule has 1 heterocycles. The van der Waals surface area contributed by atoms with Crippen molar-refractivity contribution in [2.75, 3.05) is 20.2 Å². The summed E-state index contributed by atoms with van der Waals surface area (Å²) in [4.78, 5) is 2.27. The lowest BCUT2D eigenvalue weighted by Gasteiger charge is -2.38. The molecule has 2 atom stereocenters. The van der Waals surface area contributed by atoms with Crippen molar-refractivity contribution in [2.45, 2.75) is 51.0 Å². The quantitative estimate of drug-likeness (QED) is 0.426. The lowest BCUT2D eigenvalue weighted by Crippen LogP contribution is -2.37. The van der Waals surface area contributed by atoms with Gasteiger partial charge in [0.2, 0.25) is 0 Å². The van der Waals surface area contributed by atoms with E-state index in [2.05, 4.69) is 11.8 Å². The van der Waals surface area contributed by atoms with Crippen LogP contribution in [0.3, 0.4) is 0 Å². The maximum absolute atomic E-state index is 13.2. The minimum absolute atomic E-state index is 0.0251. The summed E-state index contributed by atoms with van der Waals surface area (Å²) in [6.07, 6.45) is -7.14. The molecule has 1 aliphatic heterocycles. The Morgan fingerprint density at radius 2 is 1.62 bits per heavy atom. The zero-order valence-electron chi connectivity index (χ0n) is 18.1. The predicted molar refractivity (Wildman–Crippen MR) is 110 cm³/mol. The molecular formula is C24H27F6NO. The number of hydrogen-bond acceptors (Lipinski definition) is 2. The molecule has 2 unspecified atom stereocenters. The van der Waals surface area contributed by atoms with E-state index in [1.165, 1.54) is 0 Å². The van der Waals surface area contributed by atoms with Gasteiger partial charge in [0.05, 0.1) is 18.2 Å². The zero-order chi connectivity index (χ0) is 23.5. The fourth-order valence-corrected chi connectivity index (χ4v) is 4.45. The van der Waals surface area contributed by atoms with E-state index in [-0.39, 0.29) is 24.1 Å². The maximum Gasteiger partial charge on any atom is 0.416 e. The number of piperidine rings is 1. The molecule has 1 aliphatic rings. The molecule has 0 bridgehead atoms. The average molecular weight is 459 g/mol. The van der Waals surface area contributed by atoms with E-state index in [0.717, 1.165) is 43.6 Å². The molecule has 0 aliphatic carbocycles. The molecular weight excluding hydrogens is 432 g/mol. The van der Waals surface area contributed by atoms with Gasteiger partial charge in [-0.3, -0.25) is 4.90 Å². The third-order valence-electron chi connectivity index (χ3n) is 5.98. The highest BCUT2D eigenvalue weighted by molar-refractivity contribution is 5.37. The van der Waals surface area contributed by atoms with Gasteiger partial charge >= 0.3 is 12.4 Å². The van der Waals surface area contributed by atoms with Crippen LogP contribution in [0.25, 0.3) is 0 Å². The Kier molecular flexibility index (Phi) is 7.43. The second kappa shape index (κ2) is 9.73. The Hall–Kier alpha value is -2.22. The van der Waals surface area contributed by atoms with Gasteiger partial charge < -0.3 is 4.74 Å². The number of hydrogen-bond donors (Lipinski definition) is 0. The summed E-state index contributed by atoms with van der Waals surface area (Å²) in [5.74, 6) is 1.13. The van der Waals surface area contributed by atoms with Gasteiger partial charge in [-0.25, -0.2) is 0 Å². The van der Waals surface area contributed by atoms with Gasteiger partial charge in [-0.2, -0.15) is 26.3 Å². The van der Waals surface area contributed by atoms with Crippen molar-refractivity contribution in [2.24, 2.45) is 5.92 Å². The Labute approximate surface area is 184 Å². The third-order valence-corrected chi connectivity index (χ3v) is 5.98. The number of benzene rings is 2. The van der Waals surface area contributed by atoms with Crippen LogP contribution in [0.2, 0.25) is 0 Å². The van der Waals surface area contributed by atoms with Gasteiger partial charge in [0.1, 0.15) is 5.75 Å². The highest BCUT2D eigenvalue weighted by Gasteiger charge is 2.37. The van der Waals surface area contributed by atoms with E-state index in [1.54, 1.807) is 7.11 Å². The van der Waals surface area contributed by atoms with Gasteiger partial charge in [-0.15, -0.1) is 0 Å². The molecule has 32 heavy (non-hydrogen) atoms. The number of halogens is 6. The molecule has 0 N–H and O–H groups in total. The third kappa shape index (κ3) is 5.97. The van der Waals surface area contributed by atoms with Crippen LogP contribution >= 0.6 is 0 Å². The summed E-state index contributed by atoms with van der Waals surface area (Å²) >= 11 is 0. The van der Waals surface area contributed by atoms with Gasteiger partial charge in [0, 0.05) is 18.2 Å². The summed E-state index contributed by atoms with van der Waals surface area (Å²) in [5, 5.41) is 0. The van der Waals surface area contributed by atoms with Crippen molar-refractivity contribution in [3.63, 3.8) is 0 Å². The molecule has 0 amide bonds. The Morgan fingerprint density at radius 1 is 1.00 bits per heavy atom. The zero-order valence-corrected chi connectivity index (χ0v) is 18.1. The first kappa shape index (κ1) is 24.4. The molecule has 176 valence electrons. The number of rotatable bonds is 6. The second-order valence-electron chi connectivity index (χ2n) is 8.45. The topological polar surface area (TPSA) is 12.5 Å². The van der Waals surface area contributed by atoms with Crippen LogP contribution in [0.1, 0.15) is 54.5 Å². The van der Waals surface area contributed by atoms with E-state index in [4.69, 9.17) is 4.74 Å². The number of aryl methyl sites for hydroxylation is 1. The predicted octanol–water partition coefficient (Wildman–Crippen LogP) is 7.14. The minimum Gasteiger partial charge on any atom is -0.496 e. The number of alkyl halides is 6. The van der Waals surface area contributed by atoms with Crippen molar-refractivity contribution < 1.29 is 31.1 Å².